The van der Waals surface area contributed by atoms with E-state index in [9.17, 15) is 9.90 Å². The summed E-state index contributed by atoms with van der Waals surface area (Å²) in [6.07, 6.45) is 2.96. The molecule has 2 aromatic rings. The maximum absolute atomic E-state index is 12.1. The van der Waals surface area contributed by atoms with Gasteiger partial charge in [0.2, 0.25) is 0 Å². The Balaban J connectivity index is 2.08. The number of aromatic hydroxyl groups is 1. The first-order valence-corrected chi connectivity index (χ1v) is 6.54. The molecule has 1 aromatic carbocycles. The van der Waals surface area contributed by atoms with Crippen molar-refractivity contribution in [1.29, 1.82) is 0 Å². The molecule has 0 aliphatic heterocycles. The van der Waals surface area contributed by atoms with Gasteiger partial charge in [0.25, 0.3) is 5.91 Å². The molecule has 1 atom stereocenters. The summed E-state index contributed by atoms with van der Waals surface area (Å²) in [5, 5.41) is 16.8. The second kappa shape index (κ2) is 6.11. The molecule has 0 saturated heterocycles. The molecule has 0 spiro atoms. The number of phenols is 1. The summed E-state index contributed by atoms with van der Waals surface area (Å²) in [5.41, 5.74) is 0.00140. The van der Waals surface area contributed by atoms with Crippen LogP contribution < -0.4 is 5.32 Å². The molecule has 0 fully saturated rings. The summed E-state index contributed by atoms with van der Waals surface area (Å²) in [5.74, 6) is -0.732. The fourth-order valence-corrected chi connectivity index (χ4v) is 2.30. The molecule has 0 saturated carbocycles. The molecule has 0 aliphatic carbocycles. The zero-order chi connectivity index (χ0) is 14.7. The standard InChI is InChI=1S/C12H12Cl2N4O2/c1-7(4-18-6-15-5-16-18)17-12(20)11-9(14)2-8(13)3-10(11)19/h2-3,5-7,19H,4H2,1H3,(H,17,20). The number of nitrogens with zero attached hydrogens (tertiary/aromatic N) is 3. The summed E-state index contributed by atoms with van der Waals surface area (Å²) in [4.78, 5) is 15.9. The van der Waals surface area contributed by atoms with Crippen molar-refractivity contribution in [1.82, 2.24) is 20.1 Å². The minimum atomic E-state index is -0.475. The molecule has 0 aliphatic rings. The Hall–Kier alpha value is -1.79. The topological polar surface area (TPSA) is 80.0 Å². The highest BCUT2D eigenvalue weighted by molar-refractivity contribution is 6.37. The summed E-state index contributed by atoms with van der Waals surface area (Å²) in [6.45, 7) is 2.26. The van der Waals surface area contributed by atoms with Gasteiger partial charge in [-0.25, -0.2) is 4.98 Å². The Morgan fingerprint density at radius 3 is 2.85 bits per heavy atom. The molecular formula is C12H12Cl2N4O2. The third kappa shape index (κ3) is 3.40. The molecular weight excluding hydrogens is 303 g/mol. The highest BCUT2D eigenvalue weighted by atomic mass is 35.5. The van der Waals surface area contributed by atoms with E-state index in [1.165, 1.54) is 18.5 Å². The minimum Gasteiger partial charge on any atom is -0.507 e. The molecule has 0 radical (unpaired) electrons. The van der Waals surface area contributed by atoms with Crippen molar-refractivity contribution in [2.24, 2.45) is 0 Å². The van der Waals surface area contributed by atoms with Crippen LogP contribution in [0.15, 0.2) is 24.8 Å². The summed E-state index contributed by atoms with van der Waals surface area (Å²) in [7, 11) is 0. The van der Waals surface area contributed by atoms with Crippen LogP contribution in [0.2, 0.25) is 10.0 Å². The van der Waals surface area contributed by atoms with Crippen molar-refractivity contribution in [2.45, 2.75) is 19.5 Å². The highest BCUT2D eigenvalue weighted by Crippen LogP contribution is 2.29. The van der Waals surface area contributed by atoms with Crippen LogP contribution in [-0.4, -0.2) is 31.8 Å². The van der Waals surface area contributed by atoms with Crippen LogP contribution >= 0.6 is 23.2 Å². The lowest BCUT2D eigenvalue weighted by atomic mass is 10.1. The lowest BCUT2D eigenvalue weighted by Gasteiger charge is -2.15. The normalized spacial score (nSPS) is 12.2. The Morgan fingerprint density at radius 2 is 2.25 bits per heavy atom. The number of halogens is 2. The summed E-state index contributed by atoms with van der Waals surface area (Å²) < 4.78 is 1.59. The molecule has 1 unspecified atom stereocenters. The second-order valence-electron chi connectivity index (χ2n) is 4.27. The predicted molar refractivity (Wildman–Crippen MR) is 75.1 cm³/mol. The third-order valence-corrected chi connectivity index (χ3v) is 3.08. The van der Waals surface area contributed by atoms with Gasteiger partial charge >= 0.3 is 0 Å². The van der Waals surface area contributed by atoms with E-state index in [4.69, 9.17) is 23.2 Å². The van der Waals surface area contributed by atoms with Crippen molar-refractivity contribution in [3.05, 3.63) is 40.4 Å². The molecule has 1 amide bonds. The number of rotatable bonds is 4. The van der Waals surface area contributed by atoms with Crippen LogP contribution in [-0.2, 0) is 6.54 Å². The number of aromatic nitrogens is 3. The number of benzene rings is 1. The average Bonchev–Trinajstić information content (AvgIpc) is 2.79. The zero-order valence-electron chi connectivity index (χ0n) is 10.5. The van der Waals surface area contributed by atoms with E-state index in [1.807, 2.05) is 0 Å². The van der Waals surface area contributed by atoms with Crippen molar-refractivity contribution in [3.8, 4) is 5.75 Å². The number of carbonyl (C=O) groups is 1. The average molecular weight is 315 g/mol. The molecule has 20 heavy (non-hydrogen) atoms. The van der Waals surface area contributed by atoms with Crippen molar-refractivity contribution in [2.75, 3.05) is 0 Å². The largest absolute Gasteiger partial charge is 0.507 e. The lowest BCUT2D eigenvalue weighted by Crippen LogP contribution is -2.36. The Kier molecular flexibility index (Phi) is 4.46. The monoisotopic (exact) mass is 314 g/mol. The van der Waals surface area contributed by atoms with E-state index in [2.05, 4.69) is 15.4 Å². The number of hydrogen-bond acceptors (Lipinski definition) is 4. The number of carbonyl (C=O) groups excluding carboxylic acids is 1. The molecule has 0 bridgehead atoms. The van der Waals surface area contributed by atoms with Crippen molar-refractivity contribution >= 4 is 29.1 Å². The van der Waals surface area contributed by atoms with Crippen LogP contribution in [0.1, 0.15) is 17.3 Å². The number of nitrogens with one attached hydrogen (secondary N) is 1. The fraction of sp³-hybridized carbons (Fsp3) is 0.250. The highest BCUT2D eigenvalue weighted by Gasteiger charge is 2.18. The van der Waals surface area contributed by atoms with Gasteiger partial charge in [-0.1, -0.05) is 23.2 Å². The van der Waals surface area contributed by atoms with Crippen LogP contribution in [0.5, 0.6) is 5.75 Å². The summed E-state index contributed by atoms with van der Waals surface area (Å²) >= 11 is 11.7. The molecule has 6 nitrogen and oxygen atoms in total. The number of hydrogen-bond donors (Lipinski definition) is 2. The van der Waals surface area contributed by atoms with Crippen LogP contribution in [0.3, 0.4) is 0 Å². The maximum Gasteiger partial charge on any atom is 0.256 e. The van der Waals surface area contributed by atoms with Gasteiger partial charge in [-0.3, -0.25) is 9.48 Å². The van der Waals surface area contributed by atoms with Gasteiger partial charge in [0.1, 0.15) is 18.4 Å². The molecule has 2 rings (SSSR count). The van der Waals surface area contributed by atoms with Gasteiger partial charge in [-0.05, 0) is 19.1 Å². The van der Waals surface area contributed by atoms with E-state index in [0.29, 0.717) is 6.54 Å². The van der Waals surface area contributed by atoms with E-state index < -0.39 is 5.91 Å². The molecule has 1 heterocycles. The van der Waals surface area contributed by atoms with Crippen molar-refractivity contribution in [3.63, 3.8) is 0 Å². The smallest absolute Gasteiger partial charge is 0.256 e. The second-order valence-corrected chi connectivity index (χ2v) is 5.12. The van der Waals surface area contributed by atoms with E-state index in [1.54, 1.807) is 17.9 Å². The number of phenolic OH excluding ortho intramolecular Hbond substituents is 1. The SMILES string of the molecule is CC(Cn1cncn1)NC(=O)c1c(O)cc(Cl)cc1Cl. The maximum atomic E-state index is 12.1. The quantitative estimate of drug-likeness (QED) is 0.905. The third-order valence-electron chi connectivity index (χ3n) is 2.57. The van der Waals surface area contributed by atoms with E-state index >= 15 is 0 Å². The number of amides is 1. The predicted octanol–water partition coefficient (Wildman–Crippen LogP) is 2.11. The van der Waals surface area contributed by atoms with Gasteiger partial charge < -0.3 is 10.4 Å². The first-order valence-electron chi connectivity index (χ1n) is 5.78. The fourth-order valence-electron chi connectivity index (χ4n) is 1.73. The Bertz CT molecular complexity index is 593. The summed E-state index contributed by atoms with van der Waals surface area (Å²) in [6, 6.07) is 2.46. The Labute approximate surface area is 125 Å². The molecule has 106 valence electrons. The molecule has 2 N–H and O–H groups in total. The zero-order valence-corrected chi connectivity index (χ0v) is 12.1. The van der Waals surface area contributed by atoms with Crippen LogP contribution in [0.25, 0.3) is 0 Å². The van der Waals surface area contributed by atoms with Gasteiger partial charge in [-0.2, -0.15) is 5.10 Å². The Morgan fingerprint density at radius 1 is 1.50 bits per heavy atom. The van der Waals surface area contributed by atoms with Gasteiger partial charge in [-0.15, -0.1) is 0 Å². The van der Waals surface area contributed by atoms with E-state index in [0.717, 1.165) is 0 Å². The first kappa shape index (κ1) is 14.6. The van der Waals surface area contributed by atoms with Gasteiger partial charge in [0.15, 0.2) is 0 Å². The lowest BCUT2D eigenvalue weighted by molar-refractivity contribution is 0.0933. The molecule has 1 aromatic heterocycles. The van der Waals surface area contributed by atoms with E-state index in [-0.39, 0.29) is 27.4 Å². The minimum absolute atomic E-state index is 0.00140. The van der Waals surface area contributed by atoms with Crippen molar-refractivity contribution < 1.29 is 9.90 Å². The van der Waals surface area contributed by atoms with Gasteiger partial charge in [0.05, 0.1) is 17.1 Å². The molecule has 8 heteroatoms. The first-order chi connectivity index (χ1) is 9.47. The van der Waals surface area contributed by atoms with Crippen LogP contribution in [0, 0.1) is 0 Å². The van der Waals surface area contributed by atoms with Crippen LogP contribution in [0.4, 0.5) is 0 Å². The van der Waals surface area contributed by atoms with Gasteiger partial charge in [0, 0.05) is 11.1 Å².